The highest BCUT2D eigenvalue weighted by Crippen LogP contribution is 2.32. The Morgan fingerprint density at radius 2 is 2.03 bits per heavy atom. The van der Waals surface area contributed by atoms with E-state index in [1.807, 2.05) is 28.7 Å². The lowest BCUT2D eigenvalue weighted by atomic mass is 10.2. The van der Waals surface area contributed by atoms with E-state index in [1.54, 1.807) is 24.8 Å². The van der Waals surface area contributed by atoms with E-state index in [4.69, 9.17) is 4.74 Å². The molecule has 1 amide bonds. The van der Waals surface area contributed by atoms with Crippen LogP contribution in [0.2, 0.25) is 0 Å². The molecule has 9 nitrogen and oxygen atoms in total. The van der Waals surface area contributed by atoms with Crippen LogP contribution in [0.15, 0.2) is 35.7 Å². The van der Waals surface area contributed by atoms with Gasteiger partial charge in [-0.2, -0.15) is 4.98 Å². The molecule has 0 bridgehead atoms. The van der Waals surface area contributed by atoms with E-state index in [1.165, 1.54) is 24.6 Å². The maximum Gasteiger partial charge on any atom is 0.230 e. The van der Waals surface area contributed by atoms with Crippen molar-refractivity contribution in [3.8, 4) is 5.75 Å². The van der Waals surface area contributed by atoms with Crippen LogP contribution >= 0.6 is 23.1 Å². The maximum atomic E-state index is 12.3. The maximum absolute atomic E-state index is 12.3. The molecule has 0 aliphatic carbocycles. The molecule has 4 aromatic rings. The summed E-state index contributed by atoms with van der Waals surface area (Å²) in [6, 6.07) is 7.61. The second-order valence-corrected chi connectivity index (χ2v) is 9.10. The molecule has 1 saturated heterocycles. The number of hydrogen-bond acceptors (Lipinski definition) is 9. The minimum absolute atomic E-state index is 0.0688. The summed E-state index contributed by atoms with van der Waals surface area (Å²) in [4.78, 5) is 23.7. The van der Waals surface area contributed by atoms with E-state index < -0.39 is 0 Å². The van der Waals surface area contributed by atoms with Crippen molar-refractivity contribution in [2.45, 2.75) is 24.5 Å². The molecule has 1 aromatic carbocycles. The summed E-state index contributed by atoms with van der Waals surface area (Å²) in [7, 11) is 1.63. The molecule has 0 radical (unpaired) electrons. The second-order valence-electron chi connectivity index (χ2n) is 7.18. The van der Waals surface area contributed by atoms with Gasteiger partial charge in [-0.15, -0.1) is 10.2 Å². The molecule has 1 N–H and O–H groups in total. The van der Waals surface area contributed by atoms with Gasteiger partial charge in [-0.05, 0) is 30.5 Å². The predicted octanol–water partition coefficient (Wildman–Crippen LogP) is 2.75. The third kappa shape index (κ3) is 4.15. The van der Waals surface area contributed by atoms with Gasteiger partial charge in [0.1, 0.15) is 16.8 Å². The lowest BCUT2D eigenvalue weighted by Crippen LogP contribution is -2.24. The van der Waals surface area contributed by atoms with Gasteiger partial charge in [-0.1, -0.05) is 35.2 Å². The predicted molar refractivity (Wildman–Crippen MR) is 121 cm³/mol. The summed E-state index contributed by atoms with van der Waals surface area (Å²) in [5.74, 6) is 0.970. The highest BCUT2D eigenvalue weighted by Gasteiger charge is 2.20. The SMILES string of the molecule is COc1ccc(CNC(=O)CSc2nnc3c4sc(N5CCCC5)nc4ncn23)cc1. The normalized spacial score (nSPS) is 13.9. The highest BCUT2D eigenvalue weighted by atomic mass is 32.2. The number of rotatable bonds is 7. The Morgan fingerprint density at radius 3 is 2.81 bits per heavy atom. The fourth-order valence-corrected chi connectivity index (χ4v) is 5.23. The second kappa shape index (κ2) is 8.67. The van der Waals surface area contributed by atoms with Crippen LogP contribution < -0.4 is 15.0 Å². The van der Waals surface area contributed by atoms with Gasteiger partial charge in [-0.3, -0.25) is 9.20 Å². The van der Waals surface area contributed by atoms with Crippen LogP contribution in [0.3, 0.4) is 0 Å². The minimum Gasteiger partial charge on any atom is -0.497 e. The van der Waals surface area contributed by atoms with Crippen molar-refractivity contribution in [3.63, 3.8) is 0 Å². The summed E-state index contributed by atoms with van der Waals surface area (Å²) in [6.07, 6.45) is 4.08. The molecule has 11 heteroatoms. The van der Waals surface area contributed by atoms with Gasteiger partial charge >= 0.3 is 0 Å². The lowest BCUT2D eigenvalue weighted by Gasteiger charge is -2.11. The number of ether oxygens (including phenoxy) is 1. The van der Waals surface area contributed by atoms with Crippen LogP contribution in [0.1, 0.15) is 18.4 Å². The van der Waals surface area contributed by atoms with E-state index in [0.29, 0.717) is 17.3 Å². The average molecular weight is 456 g/mol. The Labute approximate surface area is 186 Å². The van der Waals surface area contributed by atoms with Crippen molar-refractivity contribution < 1.29 is 9.53 Å². The van der Waals surface area contributed by atoms with Crippen molar-refractivity contribution in [2.75, 3.05) is 30.9 Å². The van der Waals surface area contributed by atoms with Crippen molar-refractivity contribution in [3.05, 3.63) is 36.2 Å². The molecule has 1 aliphatic rings. The number of hydrogen-bond donors (Lipinski definition) is 1. The number of fused-ring (bicyclic) bond motifs is 3. The van der Waals surface area contributed by atoms with Crippen LogP contribution in [-0.2, 0) is 11.3 Å². The molecule has 0 atom stereocenters. The molecule has 1 fully saturated rings. The summed E-state index contributed by atoms with van der Waals surface area (Å²) in [5.41, 5.74) is 2.44. The number of amides is 1. The molecule has 0 spiro atoms. The number of benzene rings is 1. The zero-order chi connectivity index (χ0) is 21.2. The quantitative estimate of drug-likeness (QED) is 0.425. The van der Waals surface area contributed by atoms with Gasteiger partial charge in [0.15, 0.2) is 21.6 Å². The summed E-state index contributed by atoms with van der Waals surface area (Å²) in [5, 5.41) is 13.2. The number of aromatic nitrogens is 5. The number of thiazole rings is 1. The van der Waals surface area contributed by atoms with Crippen LogP contribution in [0.5, 0.6) is 5.75 Å². The Hall–Kier alpha value is -2.92. The number of anilines is 1. The fraction of sp³-hybridized carbons (Fsp3) is 0.350. The van der Waals surface area contributed by atoms with Crippen molar-refractivity contribution in [1.82, 2.24) is 29.9 Å². The first-order chi connectivity index (χ1) is 15.2. The largest absolute Gasteiger partial charge is 0.497 e. The molecule has 31 heavy (non-hydrogen) atoms. The van der Waals surface area contributed by atoms with Crippen LogP contribution in [0, 0.1) is 0 Å². The monoisotopic (exact) mass is 455 g/mol. The van der Waals surface area contributed by atoms with E-state index in [0.717, 1.165) is 39.9 Å². The van der Waals surface area contributed by atoms with Crippen LogP contribution in [0.25, 0.3) is 16.0 Å². The Morgan fingerprint density at radius 1 is 1.23 bits per heavy atom. The number of nitrogens with one attached hydrogen (secondary N) is 1. The Kier molecular flexibility index (Phi) is 5.60. The molecule has 160 valence electrons. The molecule has 4 heterocycles. The summed E-state index contributed by atoms with van der Waals surface area (Å²) in [6.45, 7) is 2.54. The molecule has 1 aliphatic heterocycles. The van der Waals surface area contributed by atoms with E-state index in [-0.39, 0.29) is 11.7 Å². The van der Waals surface area contributed by atoms with Crippen molar-refractivity contribution >= 4 is 50.1 Å². The topological polar surface area (TPSA) is 97.5 Å². The van der Waals surface area contributed by atoms with Gasteiger partial charge in [0.05, 0.1) is 12.9 Å². The Balaban J connectivity index is 1.24. The minimum atomic E-state index is -0.0688. The van der Waals surface area contributed by atoms with Gasteiger partial charge < -0.3 is 15.0 Å². The first-order valence-corrected chi connectivity index (χ1v) is 11.8. The average Bonchev–Trinajstić information content (AvgIpc) is 3.55. The number of nitrogens with zero attached hydrogens (tertiary/aromatic N) is 6. The third-order valence-electron chi connectivity index (χ3n) is 5.12. The van der Waals surface area contributed by atoms with E-state index >= 15 is 0 Å². The lowest BCUT2D eigenvalue weighted by molar-refractivity contribution is -0.118. The van der Waals surface area contributed by atoms with Gasteiger partial charge in [0.2, 0.25) is 5.91 Å². The highest BCUT2D eigenvalue weighted by molar-refractivity contribution is 7.99. The van der Waals surface area contributed by atoms with E-state index in [9.17, 15) is 4.79 Å². The van der Waals surface area contributed by atoms with Gasteiger partial charge in [0, 0.05) is 19.6 Å². The fourth-order valence-electron chi connectivity index (χ4n) is 3.45. The first-order valence-electron chi connectivity index (χ1n) is 9.99. The third-order valence-corrected chi connectivity index (χ3v) is 7.16. The van der Waals surface area contributed by atoms with E-state index in [2.05, 4.69) is 30.4 Å². The number of carbonyl (C=O) groups excluding carboxylic acids is 1. The molecular weight excluding hydrogens is 434 g/mol. The Bertz CT molecular complexity index is 1220. The summed E-state index contributed by atoms with van der Waals surface area (Å²) >= 11 is 2.94. The van der Waals surface area contributed by atoms with Crippen LogP contribution in [-0.4, -0.2) is 56.4 Å². The molecule has 0 unspecified atom stereocenters. The number of methoxy groups -OCH3 is 1. The standard InChI is InChI=1S/C20H21N7O2S2/c1-29-14-6-4-13(5-7-14)10-21-15(28)11-30-20-25-24-18-16-17(22-12-27(18)20)23-19(31-16)26-8-2-3-9-26/h4-7,12H,2-3,8-11H2,1H3,(H,21,28). The van der Waals surface area contributed by atoms with Crippen molar-refractivity contribution in [2.24, 2.45) is 0 Å². The van der Waals surface area contributed by atoms with Gasteiger partial charge in [0.25, 0.3) is 0 Å². The zero-order valence-corrected chi connectivity index (χ0v) is 18.6. The summed E-state index contributed by atoms with van der Waals surface area (Å²) < 4.78 is 7.90. The molecule has 0 saturated carbocycles. The molecule has 3 aromatic heterocycles. The molecule has 5 rings (SSSR count). The van der Waals surface area contributed by atoms with Crippen LogP contribution in [0.4, 0.5) is 5.13 Å². The smallest absolute Gasteiger partial charge is 0.230 e. The first kappa shape index (κ1) is 20.0. The zero-order valence-electron chi connectivity index (χ0n) is 16.9. The van der Waals surface area contributed by atoms with Crippen molar-refractivity contribution in [1.29, 1.82) is 0 Å². The van der Waals surface area contributed by atoms with Gasteiger partial charge in [-0.25, -0.2) is 4.98 Å². The number of carbonyl (C=O) groups is 1. The number of thioether (sulfide) groups is 1. The molecular formula is C20H21N7O2S2.